The van der Waals surface area contributed by atoms with Crippen LogP contribution in [0.5, 0.6) is 11.5 Å². The van der Waals surface area contributed by atoms with Gasteiger partial charge in [0.25, 0.3) is 5.91 Å². The summed E-state index contributed by atoms with van der Waals surface area (Å²) in [6.45, 7) is 10.1. The molecule has 9 heteroatoms. The number of halogens is 1. The number of thioether (sulfide) groups is 1. The average molecular weight is 608 g/mol. The quantitative estimate of drug-likeness (QED) is 0.199. The van der Waals surface area contributed by atoms with Gasteiger partial charge in [-0.1, -0.05) is 17.7 Å². The Morgan fingerprint density at radius 1 is 1.14 bits per heavy atom. The van der Waals surface area contributed by atoms with Gasteiger partial charge in [-0.15, -0.1) is 0 Å². The number of nitrogens with zero attached hydrogens (tertiary/aromatic N) is 2. The molecule has 0 radical (unpaired) electrons. The molecule has 0 atom stereocenters. The van der Waals surface area contributed by atoms with E-state index in [1.165, 1.54) is 11.8 Å². The summed E-state index contributed by atoms with van der Waals surface area (Å²) in [6.07, 6.45) is 1.83. The molecule has 1 fully saturated rings. The number of carbonyl (C=O) groups excluding carboxylic acids is 2. The number of aryl methyl sites for hydroxylation is 1. The number of rotatable bonds is 9. The van der Waals surface area contributed by atoms with Crippen LogP contribution in [0, 0.1) is 10.5 Å². The van der Waals surface area contributed by atoms with Crippen molar-refractivity contribution in [3.63, 3.8) is 0 Å². The highest BCUT2D eigenvalue weighted by Gasteiger charge is 2.35. The van der Waals surface area contributed by atoms with E-state index < -0.39 is 5.97 Å². The van der Waals surface area contributed by atoms with Crippen molar-refractivity contribution in [1.82, 2.24) is 4.90 Å². The van der Waals surface area contributed by atoms with Gasteiger partial charge in [0, 0.05) is 6.04 Å². The van der Waals surface area contributed by atoms with Crippen molar-refractivity contribution < 1.29 is 23.8 Å². The molecule has 0 aliphatic carbocycles. The van der Waals surface area contributed by atoms with Crippen LogP contribution in [0.2, 0.25) is 0 Å². The lowest BCUT2D eigenvalue weighted by Crippen LogP contribution is -2.35. The second kappa shape index (κ2) is 12.4. The fourth-order valence-corrected chi connectivity index (χ4v) is 5.21. The van der Waals surface area contributed by atoms with Gasteiger partial charge in [0.05, 0.1) is 27.4 Å². The third-order valence-corrected chi connectivity index (χ3v) is 6.67. The number of hydrogen-bond donors (Lipinski definition) is 0. The largest absolute Gasteiger partial charge is 0.490 e. The second-order valence-corrected chi connectivity index (χ2v) is 10.1. The number of benzene rings is 2. The van der Waals surface area contributed by atoms with Gasteiger partial charge in [0.2, 0.25) is 0 Å². The van der Waals surface area contributed by atoms with Gasteiger partial charge in [-0.05, 0) is 105 Å². The molecule has 0 aromatic heterocycles. The molecule has 2 aromatic rings. The second-order valence-electron chi connectivity index (χ2n) is 7.97. The van der Waals surface area contributed by atoms with Crippen molar-refractivity contribution >= 4 is 63.2 Å². The third-order valence-electron chi connectivity index (χ3n) is 4.88. The number of carbonyl (C=O) groups is 2. The van der Waals surface area contributed by atoms with Crippen LogP contribution >= 0.6 is 34.4 Å². The smallest absolute Gasteiger partial charge is 0.344 e. The summed E-state index contributed by atoms with van der Waals surface area (Å²) >= 11 is 3.49. The Morgan fingerprint density at radius 3 is 2.49 bits per heavy atom. The summed E-state index contributed by atoms with van der Waals surface area (Å²) in [5.41, 5.74) is 2.74. The van der Waals surface area contributed by atoms with E-state index in [-0.39, 0.29) is 18.6 Å². The van der Waals surface area contributed by atoms with E-state index in [4.69, 9.17) is 19.2 Å². The SMILES string of the molecule is CCOC(=O)COc1c(I)cc(/C=C2/SC(=Nc3ccc(C)cc3)N(C(C)C)C2=O)cc1OCC. The maximum Gasteiger partial charge on any atom is 0.344 e. The first-order valence-corrected chi connectivity index (χ1v) is 13.3. The molecule has 1 aliphatic heterocycles. The lowest BCUT2D eigenvalue weighted by Gasteiger charge is -2.19. The normalized spacial score (nSPS) is 15.9. The maximum absolute atomic E-state index is 13.3. The Hall–Kier alpha value is -2.53. The molecule has 0 bridgehead atoms. The molecule has 1 heterocycles. The minimum atomic E-state index is -0.445. The van der Waals surface area contributed by atoms with Crippen molar-refractivity contribution in [1.29, 1.82) is 0 Å². The van der Waals surface area contributed by atoms with E-state index in [9.17, 15) is 9.59 Å². The van der Waals surface area contributed by atoms with Gasteiger partial charge in [-0.3, -0.25) is 9.69 Å². The van der Waals surface area contributed by atoms with Gasteiger partial charge in [-0.25, -0.2) is 9.79 Å². The minimum absolute atomic E-state index is 0.0390. The Labute approximate surface area is 224 Å². The van der Waals surface area contributed by atoms with Crippen LogP contribution in [0.4, 0.5) is 5.69 Å². The highest BCUT2D eigenvalue weighted by molar-refractivity contribution is 14.1. The van der Waals surface area contributed by atoms with Crippen molar-refractivity contribution in [3.05, 3.63) is 56.0 Å². The molecule has 35 heavy (non-hydrogen) atoms. The van der Waals surface area contributed by atoms with Gasteiger partial charge in [0.1, 0.15) is 0 Å². The average Bonchev–Trinajstić information content (AvgIpc) is 3.09. The number of hydrogen-bond acceptors (Lipinski definition) is 7. The van der Waals surface area contributed by atoms with Crippen LogP contribution in [-0.4, -0.2) is 47.8 Å². The van der Waals surface area contributed by atoms with E-state index in [0.29, 0.717) is 34.8 Å². The van der Waals surface area contributed by atoms with E-state index in [2.05, 4.69) is 22.6 Å². The summed E-state index contributed by atoms with van der Waals surface area (Å²) in [6, 6.07) is 11.5. The summed E-state index contributed by atoms with van der Waals surface area (Å²) in [4.78, 5) is 32.0. The van der Waals surface area contributed by atoms with Gasteiger partial charge >= 0.3 is 5.97 Å². The fraction of sp³-hybridized carbons (Fsp3) is 0.346. The molecular formula is C26H29IN2O5S. The molecule has 1 aliphatic rings. The van der Waals surface area contributed by atoms with Crippen LogP contribution in [-0.2, 0) is 14.3 Å². The first-order chi connectivity index (χ1) is 16.7. The molecule has 186 valence electrons. The van der Waals surface area contributed by atoms with Crippen LogP contribution in [0.15, 0.2) is 46.3 Å². The number of esters is 1. The van der Waals surface area contributed by atoms with Crippen LogP contribution in [0.25, 0.3) is 6.08 Å². The van der Waals surface area contributed by atoms with Gasteiger partial charge in [-0.2, -0.15) is 0 Å². The molecule has 3 rings (SSSR count). The lowest BCUT2D eigenvalue weighted by atomic mass is 10.1. The van der Waals surface area contributed by atoms with E-state index in [0.717, 1.165) is 20.4 Å². The van der Waals surface area contributed by atoms with Gasteiger partial charge in [0.15, 0.2) is 23.3 Å². The van der Waals surface area contributed by atoms with Crippen molar-refractivity contribution in [2.75, 3.05) is 19.8 Å². The number of aliphatic imine (C=N–C) groups is 1. The maximum atomic E-state index is 13.3. The zero-order chi connectivity index (χ0) is 25.5. The zero-order valence-corrected chi connectivity index (χ0v) is 23.4. The minimum Gasteiger partial charge on any atom is -0.490 e. The number of amides is 1. The third kappa shape index (κ3) is 7.00. The zero-order valence-electron chi connectivity index (χ0n) is 20.5. The predicted octanol–water partition coefficient (Wildman–Crippen LogP) is 5.95. The fourth-order valence-electron chi connectivity index (χ4n) is 3.31. The molecule has 0 N–H and O–H groups in total. The molecule has 0 spiro atoms. The van der Waals surface area contributed by atoms with Crippen LogP contribution in [0.1, 0.15) is 38.8 Å². The summed E-state index contributed by atoms with van der Waals surface area (Å²) in [5, 5.41) is 0.647. The Morgan fingerprint density at radius 2 is 1.86 bits per heavy atom. The van der Waals surface area contributed by atoms with E-state index in [1.807, 2.05) is 70.2 Å². The summed E-state index contributed by atoms with van der Waals surface area (Å²) < 4.78 is 17.2. The van der Waals surface area contributed by atoms with Crippen molar-refractivity contribution in [2.24, 2.45) is 4.99 Å². The molecule has 7 nitrogen and oxygen atoms in total. The standard InChI is InChI=1S/C26H29IN2O5S/c1-6-32-21-13-18(12-20(27)24(21)34-15-23(30)33-7-2)14-22-25(31)29(16(3)4)26(35-22)28-19-10-8-17(5)9-11-19/h8-14,16H,6-7,15H2,1-5H3/b22-14+,28-26?. The molecule has 1 saturated heterocycles. The van der Waals surface area contributed by atoms with E-state index in [1.54, 1.807) is 11.8 Å². The first kappa shape index (κ1) is 27.1. The highest BCUT2D eigenvalue weighted by Crippen LogP contribution is 2.38. The topological polar surface area (TPSA) is 77.4 Å². The van der Waals surface area contributed by atoms with Crippen molar-refractivity contribution in [2.45, 2.75) is 40.7 Å². The molecule has 2 aromatic carbocycles. The summed E-state index contributed by atoms with van der Waals surface area (Å²) in [7, 11) is 0. The molecule has 1 amide bonds. The summed E-state index contributed by atoms with van der Waals surface area (Å²) in [5.74, 6) is 0.435. The first-order valence-electron chi connectivity index (χ1n) is 11.4. The lowest BCUT2D eigenvalue weighted by molar-refractivity contribution is -0.145. The molecule has 0 saturated carbocycles. The highest BCUT2D eigenvalue weighted by atomic mass is 127. The predicted molar refractivity (Wildman–Crippen MR) is 148 cm³/mol. The number of amidine groups is 1. The van der Waals surface area contributed by atoms with E-state index >= 15 is 0 Å². The molecular weight excluding hydrogens is 579 g/mol. The Kier molecular flexibility index (Phi) is 9.62. The molecule has 0 unspecified atom stereocenters. The van der Waals surface area contributed by atoms with Gasteiger partial charge < -0.3 is 14.2 Å². The number of ether oxygens (including phenoxy) is 3. The van der Waals surface area contributed by atoms with Crippen molar-refractivity contribution in [3.8, 4) is 11.5 Å². The van der Waals surface area contributed by atoms with Crippen LogP contribution < -0.4 is 9.47 Å². The Balaban J connectivity index is 1.92. The van der Waals surface area contributed by atoms with Crippen LogP contribution in [0.3, 0.4) is 0 Å². The Bertz CT molecular complexity index is 1150. The monoisotopic (exact) mass is 608 g/mol.